The minimum Gasteiger partial charge on any atom is -0.331 e. The molecule has 3 rings (SSSR count). The quantitative estimate of drug-likeness (QED) is 0.453. The molecule has 7 nitrogen and oxygen atoms in total. The molecule has 0 atom stereocenters. The molecule has 8 heteroatoms. The van der Waals surface area contributed by atoms with E-state index in [4.69, 9.17) is 12.2 Å². The van der Waals surface area contributed by atoms with Crippen LogP contribution in [0, 0.1) is 0 Å². The van der Waals surface area contributed by atoms with Gasteiger partial charge in [-0.2, -0.15) is 5.10 Å². The first-order chi connectivity index (χ1) is 13.9. The number of anilines is 1. The molecule has 0 aliphatic rings. The highest BCUT2D eigenvalue weighted by Crippen LogP contribution is 2.14. The summed E-state index contributed by atoms with van der Waals surface area (Å²) in [5.74, 6) is -0.485. The molecule has 0 spiro atoms. The maximum atomic E-state index is 12.7. The number of amides is 1. The maximum Gasteiger partial charge on any atom is 0.290 e. The summed E-state index contributed by atoms with van der Waals surface area (Å²) < 4.78 is 1.31. The molecular formula is C21H23N5O2S. The van der Waals surface area contributed by atoms with Crippen molar-refractivity contribution in [2.24, 2.45) is 0 Å². The number of carbonyl (C=O) groups is 1. The molecular weight excluding hydrogens is 386 g/mol. The number of thiocarbonyl (C=S) groups is 1. The Bertz CT molecular complexity index is 1110. The second kappa shape index (κ2) is 8.83. The van der Waals surface area contributed by atoms with Crippen molar-refractivity contribution in [3.63, 3.8) is 0 Å². The van der Waals surface area contributed by atoms with Crippen molar-refractivity contribution < 1.29 is 4.79 Å². The monoisotopic (exact) mass is 409 g/mol. The van der Waals surface area contributed by atoms with Crippen molar-refractivity contribution in [1.29, 1.82) is 0 Å². The second-order valence-electron chi connectivity index (χ2n) is 6.82. The highest BCUT2D eigenvalue weighted by Gasteiger charge is 2.17. The van der Waals surface area contributed by atoms with Crippen molar-refractivity contribution in [3.05, 3.63) is 70.1 Å². The molecule has 1 aromatic heterocycles. The van der Waals surface area contributed by atoms with Crippen LogP contribution in [-0.4, -0.2) is 20.8 Å². The van der Waals surface area contributed by atoms with Gasteiger partial charge in [0.25, 0.3) is 11.5 Å². The van der Waals surface area contributed by atoms with E-state index in [9.17, 15) is 9.59 Å². The van der Waals surface area contributed by atoms with Crippen molar-refractivity contribution in [2.75, 3.05) is 5.32 Å². The van der Waals surface area contributed by atoms with E-state index >= 15 is 0 Å². The first-order valence-corrected chi connectivity index (χ1v) is 9.79. The Hall–Kier alpha value is -3.26. The largest absolute Gasteiger partial charge is 0.331 e. The Kier molecular flexibility index (Phi) is 6.23. The van der Waals surface area contributed by atoms with Gasteiger partial charge in [0.1, 0.15) is 0 Å². The Balaban J connectivity index is 1.76. The predicted octanol–water partition coefficient (Wildman–Crippen LogP) is 3.17. The Morgan fingerprint density at radius 1 is 1.07 bits per heavy atom. The molecule has 0 fully saturated rings. The van der Waals surface area contributed by atoms with Crippen LogP contribution in [0.5, 0.6) is 0 Å². The number of benzene rings is 2. The summed E-state index contributed by atoms with van der Waals surface area (Å²) in [5.41, 5.74) is 7.18. The summed E-state index contributed by atoms with van der Waals surface area (Å²) in [4.78, 5) is 25.3. The maximum absolute atomic E-state index is 12.7. The van der Waals surface area contributed by atoms with Gasteiger partial charge < -0.3 is 5.32 Å². The molecule has 0 saturated heterocycles. The Labute approximate surface area is 174 Å². The molecule has 0 saturated carbocycles. The summed E-state index contributed by atoms with van der Waals surface area (Å²) in [5, 5.41) is 8.45. The van der Waals surface area contributed by atoms with Gasteiger partial charge in [-0.25, -0.2) is 4.68 Å². The van der Waals surface area contributed by atoms with Gasteiger partial charge in [-0.15, -0.1) is 0 Å². The second-order valence-corrected chi connectivity index (χ2v) is 7.23. The van der Waals surface area contributed by atoms with E-state index in [0.717, 1.165) is 12.1 Å². The number of rotatable bonds is 4. The number of fused-ring (bicyclic) bond motifs is 1. The van der Waals surface area contributed by atoms with Crippen LogP contribution < -0.4 is 21.7 Å². The number of nitrogens with one attached hydrogen (secondary N) is 3. The molecule has 0 radical (unpaired) electrons. The fraction of sp³-hybridized carbons (Fsp3) is 0.238. The number of carbonyl (C=O) groups excluding carboxylic acids is 1. The van der Waals surface area contributed by atoms with Crippen molar-refractivity contribution in [2.45, 2.75) is 33.2 Å². The third kappa shape index (κ3) is 4.60. The Morgan fingerprint density at radius 3 is 2.34 bits per heavy atom. The van der Waals surface area contributed by atoms with Gasteiger partial charge in [-0.3, -0.25) is 20.4 Å². The van der Waals surface area contributed by atoms with Gasteiger partial charge in [-0.1, -0.05) is 37.3 Å². The van der Waals surface area contributed by atoms with Gasteiger partial charge in [-0.05, 0) is 56.2 Å². The van der Waals surface area contributed by atoms with Crippen molar-refractivity contribution in [3.8, 4) is 0 Å². The van der Waals surface area contributed by atoms with Crippen LogP contribution in [0.4, 0.5) is 5.69 Å². The summed E-state index contributed by atoms with van der Waals surface area (Å²) in [6.45, 7) is 5.77. The number of nitrogens with zero attached hydrogens (tertiary/aromatic N) is 2. The highest BCUT2D eigenvalue weighted by molar-refractivity contribution is 7.80. The average Bonchev–Trinajstić information content (AvgIpc) is 2.73. The molecule has 150 valence electrons. The van der Waals surface area contributed by atoms with E-state index in [1.165, 1.54) is 10.2 Å². The molecule has 1 heterocycles. The number of hydrogen-bond acceptors (Lipinski definition) is 4. The zero-order valence-electron chi connectivity index (χ0n) is 16.5. The third-order valence-electron chi connectivity index (χ3n) is 4.44. The van der Waals surface area contributed by atoms with E-state index in [1.54, 1.807) is 24.3 Å². The molecule has 0 unspecified atom stereocenters. The van der Waals surface area contributed by atoms with Crippen LogP contribution in [0.25, 0.3) is 10.8 Å². The number of aryl methyl sites for hydroxylation is 1. The SMILES string of the molecule is CCc1ccc(NC(=S)NNC(=O)c2nn(C(C)C)c(=O)c3ccccc23)cc1. The topological polar surface area (TPSA) is 88.0 Å². The lowest BCUT2D eigenvalue weighted by atomic mass is 10.1. The van der Waals surface area contributed by atoms with Gasteiger partial charge in [0, 0.05) is 11.1 Å². The molecule has 0 bridgehead atoms. The fourth-order valence-electron chi connectivity index (χ4n) is 2.88. The van der Waals surface area contributed by atoms with Crippen LogP contribution >= 0.6 is 12.2 Å². The van der Waals surface area contributed by atoms with Crippen LogP contribution in [0.3, 0.4) is 0 Å². The zero-order valence-corrected chi connectivity index (χ0v) is 17.3. The van der Waals surface area contributed by atoms with Crippen LogP contribution in [0.2, 0.25) is 0 Å². The molecule has 0 aliphatic carbocycles. The lowest BCUT2D eigenvalue weighted by Crippen LogP contribution is -2.44. The number of hydrogen-bond donors (Lipinski definition) is 3. The summed E-state index contributed by atoms with van der Waals surface area (Å²) in [6.07, 6.45) is 0.957. The minimum atomic E-state index is -0.485. The lowest BCUT2D eigenvalue weighted by molar-refractivity contribution is 0.0938. The first kappa shape index (κ1) is 20.5. The summed E-state index contributed by atoms with van der Waals surface area (Å²) in [7, 11) is 0. The molecule has 1 amide bonds. The predicted molar refractivity (Wildman–Crippen MR) is 119 cm³/mol. The van der Waals surface area contributed by atoms with E-state index < -0.39 is 5.91 Å². The molecule has 29 heavy (non-hydrogen) atoms. The van der Waals surface area contributed by atoms with Crippen LogP contribution in [0.15, 0.2) is 53.3 Å². The lowest BCUT2D eigenvalue weighted by Gasteiger charge is -2.15. The van der Waals surface area contributed by atoms with Gasteiger partial charge in [0.2, 0.25) is 0 Å². The summed E-state index contributed by atoms with van der Waals surface area (Å²) >= 11 is 5.24. The standard InChI is InChI=1S/C21H23N5O2S/c1-4-14-9-11-15(12-10-14)22-21(29)24-23-19(27)18-16-7-5-6-8-17(16)20(28)26(25-18)13(2)3/h5-13H,4H2,1-3H3,(H,23,27)(H2,22,24,29). The Morgan fingerprint density at radius 2 is 1.72 bits per heavy atom. The normalized spacial score (nSPS) is 10.8. The van der Waals surface area contributed by atoms with Gasteiger partial charge >= 0.3 is 0 Å². The van der Waals surface area contributed by atoms with E-state index in [2.05, 4.69) is 28.2 Å². The van der Waals surface area contributed by atoms with Gasteiger partial charge in [0.05, 0.1) is 11.4 Å². The molecule has 3 aromatic rings. The van der Waals surface area contributed by atoms with E-state index in [-0.39, 0.29) is 22.4 Å². The molecule has 0 aliphatic heterocycles. The van der Waals surface area contributed by atoms with Crippen LogP contribution in [-0.2, 0) is 6.42 Å². The summed E-state index contributed by atoms with van der Waals surface area (Å²) in [6, 6.07) is 14.6. The zero-order chi connectivity index (χ0) is 21.0. The number of aromatic nitrogens is 2. The van der Waals surface area contributed by atoms with Crippen molar-refractivity contribution in [1.82, 2.24) is 20.6 Å². The first-order valence-electron chi connectivity index (χ1n) is 9.38. The van der Waals surface area contributed by atoms with Gasteiger partial charge in [0.15, 0.2) is 10.8 Å². The smallest absolute Gasteiger partial charge is 0.290 e. The number of hydrazine groups is 1. The third-order valence-corrected chi connectivity index (χ3v) is 4.65. The molecule has 3 N–H and O–H groups in total. The minimum absolute atomic E-state index is 0.150. The van der Waals surface area contributed by atoms with E-state index in [0.29, 0.717) is 10.8 Å². The van der Waals surface area contributed by atoms with Crippen LogP contribution in [0.1, 0.15) is 42.9 Å². The van der Waals surface area contributed by atoms with Crippen molar-refractivity contribution >= 4 is 39.7 Å². The van der Waals surface area contributed by atoms with E-state index in [1.807, 2.05) is 38.1 Å². The average molecular weight is 410 g/mol. The fourth-order valence-corrected chi connectivity index (χ4v) is 3.05. The highest BCUT2D eigenvalue weighted by atomic mass is 32.1. The molecule has 2 aromatic carbocycles.